The number of rotatable bonds is 4. The molecule has 0 atom stereocenters. The normalized spacial score (nSPS) is 10.6. The zero-order chi connectivity index (χ0) is 11.5. The summed E-state index contributed by atoms with van der Waals surface area (Å²) in [6.07, 6.45) is 3.01. The molecule has 2 aromatic heterocycles. The molecule has 0 spiro atoms. The predicted octanol–water partition coefficient (Wildman–Crippen LogP) is 2.08. The summed E-state index contributed by atoms with van der Waals surface area (Å²) in [5, 5.41) is 12.5. The van der Waals surface area contributed by atoms with E-state index < -0.39 is 4.92 Å². The Morgan fingerprint density at radius 1 is 1.62 bits per heavy atom. The highest BCUT2D eigenvalue weighted by Gasteiger charge is 2.16. The molecule has 6 nitrogen and oxygen atoms in total. The van der Waals surface area contributed by atoms with Crippen molar-refractivity contribution in [3.05, 3.63) is 33.7 Å². The average molecular weight is 256 g/mol. The van der Waals surface area contributed by atoms with E-state index >= 15 is 0 Å². The molecule has 0 unspecified atom stereocenters. The first kappa shape index (κ1) is 11.1. The Morgan fingerprint density at radius 2 is 2.44 bits per heavy atom. The molecular formula is C8H8N4O2S2. The van der Waals surface area contributed by atoms with E-state index in [1.54, 1.807) is 24.6 Å². The van der Waals surface area contributed by atoms with Crippen LogP contribution in [0.25, 0.3) is 0 Å². The average Bonchev–Trinajstić information content (AvgIpc) is 2.84. The van der Waals surface area contributed by atoms with Crippen LogP contribution in [-0.4, -0.2) is 19.5 Å². The van der Waals surface area contributed by atoms with E-state index in [2.05, 4.69) is 9.97 Å². The number of hydrogen-bond donors (Lipinski definition) is 0. The van der Waals surface area contributed by atoms with E-state index in [1.165, 1.54) is 22.5 Å². The van der Waals surface area contributed by atoms with E-state index in [-0.39, 0.29) is 5.82 Å². The molecule has 0 saturated heterocycles. The molecular weight excluding hydrogens is 248 g/mol. The van der Waals surface area contributed by atoms with Gasteiger partial charge in [-0.25, -0.2) is 14.5 Å². The van der Waals surface area contributed by atoms with E-state index in [0.717, 1.165) is 4.34 Å². The maximum atomic E-state index is 10.6. The maximum Gasteiger partial charge on any atom is 0.342 e. The van der Waals surface area contributed by atoms with Crippen molar-refractivity contribution in [3.8, 4) is 0 Å². The molecule has 0 aliphatic rings. The van der Waals surface area contributed by atoms with Crippen molar-refractivity contribution in [1.82, 2.24) is 14.5 Å². The lowest BCUT2D eigenvalue weighted by Gasteiger charge is -1.97. The van der Waals surface area contributed by atoms with E-state index in [1.807, 2.05) is 5.38 Å². The SMILES string of the molecule is Cn1c([N+](=O)[O-])cnc1CSc1nccs1. The fourth-order valence-corrected chi connectivity index (χ4v) is 2.78. The van der Waals surface area contributed by atoms with Crippen molar-refractivity contribution >= 4 is 28.9 Å². The topological polar surface area (TPSA) is 73.8 Å². The van der Waals surface area contributed by atoms with Crippen molar-refractivity contribution in [2.24, 2.45) is 7.05 Å². The minimum absolute atomic E-state index is 0.00902. The number of aromatic nitrogens is 3. The lowest BCUT2D eigenvalue weighted by molar-refractivity contribution is -0.391. The Bertz CT molecular complexity index is 494. The van der Waals surface area contributed by atoms with Crippen molar-refractivity contribution in [1.29, 1.82) is 0 Å². The van der Waals surface area contributed by atoms with Gasteiger partial charge in [-0.05, 0) is 4.92 Å². The first-order valence-corrected chi connectivity index (χ1v) is 6.22. The highest BCUT2D eigenvalue weighted by Crippen LogP contribution is 2.25. The Balaban J connectivity index is 2.08. The molecule has 0 N–H and O–H groups in total. The van der Waals surface area contributed by atoms with Gasteiger partial charge in [0.25, 0.3) is 0 Å². The van der Waals surface area contributed by atoms with Crippen molar-refractivity contribution in [2.75, 3.05) is 0 Å². The number of hydrogen-bond acceptors (Lipinski definition) is 6. The summed E-state index contributed by atoms with van der Waals surface area (Å²) in [6.45, 7) is 0. The number of thioether (sulfide) groups is 1. The third-order valence-corrected chi connectivity index (χ3v) is 3.94. The lowest BCUT2D eigenvalue weighted by Crippen LogP contribution is -2.00. The zero-order valence-electron chi connectivity index (χ0n) is 8.36. The Morgan fingerprint density at radius 3 is 3.00 bits per heavy atom. The Kier molecular flexibility index (Phi) is 3.20. The minimum atomic E-state index is -0.440. The molecule has 0 radical (unpaired) electrons. The number of imidazole rings is 1. The van der Waals surface area contributed by atoms with E-state index in [4.69, 9.17) is 0 Å². The molecule has 84 valence electrons. The second-order valence-corrected chi connectivity index (χ2v) is 5.05. The van der Waals surface area contributed by atoms with Crippen LogP contribution >= 0.6 is 23.1 Å². The molecule has 2 aromatic rings. The van der Waals surface area contributed by atoms with Gasteiger partial charge in [0.2, 0.25) is 5.82 Å². The third-order valence-electron chi connectivity index (χ3n) is 1.98. The second kappa shape index (κ2) is 4.62. The van der Waals surface area contributed by atoms with Crippen LogP contribution in [-0.2, 0) is 12.8 Å². The summed E-state index contributed by atoms with van der Waals surface area (Å²) >= 11 is 3.06. The minimum Gasteiger partial charge on any atom is -0.358 e. The van der Waals surface area contributed by atoms with Gasteiger partial charge in [-0.2, -0.15) is 0 Å². The van der Waals surface area contributed by atoms with Crippen LogP contribution in [0.5, 0.6) is 0 Å². The third kappa shape index (κ3) is 2.22. The van der Waals surface area contributed by atoms with Gasteiger partial charge in [-0.3, -0.25) is 0 Å². The van der Waals surface area contributed by atoms with Crippen LogP contribution in [0.2, 0.25) is 0 Å². The van der Waals surface area contributed by atoms with Gasteiger partial charge in [0.05, 0.1) is 12.8 Å². The number of nitro groups is 1. The zero-order valence-corrected chi connectivity index (χ0v) is 9.99. The molecule has 0 aliphatic carbocycles. The van der Waals surface area contributed by atoms with Crippen LogP contribution in [0.4, 0.5) is 5.82 Å². The van der Waals surface area contributed by atoms with Crippen LogP contribution in [0.3, 0.4) is 0 Å². The monoisotopic (exact) mass is 256 g/mol. The summed E-state index contributed by atoms with van der Waals surface area (Å²) in [4.78, 5) is 18.3. The first-order valence-electron chi connectivity index (χ1n) is 4.35. The maximum absolute atomic E-state index is 10.6. The smallest absolute Gasteiger partial charge is 0.342 e. The van der Waals surface area contributed by atoms with Crippen LogP contribution in [0.1, 0.15) is 5.82 Å². The van der Waals surface area contributed by atoms with Gasteiger partial charge in [0.1, 0.15) is 10.5 Å². The van der Waals surface area contributed by atoms with Crippen molar-refractivity contribution in [3.63, 3.8) is 0 Å². The molecule has 0 aliphatic heterocycles. The Hall–Kier alpha value is -1.41. The summed E-state index contributed by atoms with van der Waals surface area (Å²) in [5.41, 5.74) is 0. The predicted molar refractivity (Wildman–Crippen MR) is 61.5 cm³/mol. The molecule has 8 heteroatoms. The molecule has 0 bridgehead atoms. The van der Waals surface area contributed by atoms with Gasteiger partial charge < -0.3 is 10.1 Å². The molecule has 0 aromatic carbocycles. The Labute approximate surface area is 99.5 Å². The standard InChI is InChI=1S/C8H8N4O2S2/c1-11-6(10-4-7(11)12(13)14)5-16-8-9-2-3-15-8/h2-4H,5H2,1H3. The highest BCUT2D eigenvalue weighted by molar-refractivity contribution is 8.00. The molecule has 0 amide bonds. The van der Waals surface area contributed by atoms with Gasteiger partial charge in [0.15, 0.2) is 0 Å². The first-order chi connectivity index (χ1) is 7.68. The molecule has 0 saturated carbocycles. The van der Waals surface area contributed by atoms with Crippen molar-refractivity contribution in [2.45, 2.75) is 10.1 Å². The van der Waals surface area contributed by atoms with E-state index in [9.17, 15) is 10.1 Å². The van der Waals surface area contributed by atoms with Crippen LogP contribution < -0.4 is 0 Å². The summed E-state index contributed by atoms with van der Waals surface area (Å²) < 4.78 is 2.42. The summed E-state index contributed by atoms with van der Waals surface area (Å²) in [7, 11) is 1.64. The highest BCUT2D eigenvalue weighted by atomic mass is 32.2. The van der Waals surface area contributed by atoms with E-state index in [0.29, 0.717) is 11.6 Å². The molecule has 0 fully saturated rings. The summed E-state index contributed by atoms with van der Waals surface area (Å²) in [5.74, 6) is 1.26. The van der Waals surface area contributed by atoms with Gasteiger partial charge in [0, 0.05) is 11.6 Å². The molecule has 2 rings (SSSR count). The largest absolute Gasteiger partial charge is 0.358 e. The van der Waals surface area contributed by atoms with Gasteiger partial charge in [-0.15, -0.1) is 11.3 Å². The number of nitrogens with zero attached hydrogens (tertiary/aromatic N) is 4. The number of thiazole rings is 1. The molecule has 16 heavy (non-hydrogen) atoms. The van der Waals surface area contributed by atoms with Crippen LogP contribution in [0.15, 0.2) is 22.1 Å². The molecule has 2 heterocycles. The quantitative estimate of drug-likeness (QED) is 0.475. The fourth-order valence-electron chi connectivity index (χ4n) is 1.15. The fraction of sp³-hybridized carbons (Fsp3) is 0.250. The summed E-state index contributed by atoms with van der Waals surface area (Å²) in [6, 6.07) is 0. The van der Waals surface area contributed by atoms with Gasteiger partial charge >= 0.3 is 5.82 Å². The van der Waals surface area contributed by atoms with Gasteiger partial charge in [-0.1, -0.05) is 11.8 Å². The van der Waals surface area contributed by atoms with Crippen LogP contribution in [0, 0.1) is 10.1 Å². The second-order valence-electron chi connectivity index (χ2n) is 2.94. The van der Waals surface area contributed by atoms with Crippen molar-refractivity contribution < 1.29 is 4.92 Å². The lowest BCUT2D eigenvalue weighted by atomic mass is 10.7.